The van der Waals surface area contributed by atoms with E-state index in [-0.39, 0.29) is 12.3 Å². The summed E-state index contributed by atoms with van der Waals surface area (Å²) in [5.74, 6) is -0.186. The van der Waals surface area contributed by atoms with Gasteiger partial charge in [0.25, 0.3) is 0 Å². The lowest BCUT2D eigenvalue weighted by Gasteiger charge is -2.08. The number of amides is 1. The quantitative estimate of drug-likeness (QED) is 0.556. The van der Waals surface area contributed by atoms with Crippen molar-refractivity contribution in [3.63, 3.8) is 0 Å². The maximum atomic E-state index is 12.2. The highest BCUT2D eigenvalue weighted by molar-refractivity contribution is 6.33. The molecule has 0 fully saturated rings. The maximum Gasteiger partial charge on any atom is 0.347 e. The van der Waals surface area contributed by atoms with Crippen LogP contribution >= 0.6 is 11.6 Å². The Hall–Kier alpha value is -3.12. The van der Waals surface area contributed by atoms with E-state index in [0.29, 0.717) is 33.7 Å². The van der Waals surface area contributed by atoms with Crippen molar-refractivity contribution in [2.24, 2.45) is 0 Å². The largest absolute Gasteiger partial charge is 0.422 e. The molecule has 0 atom stereocenters. The number of hydrogen-bond acceptors (Lipinski definition) is 4. The number of carbonyl (C=O) groups excluding carboxylic acids is 1. The van der Waals surface area contributed by atoms with Crippen LogP contribution in [0.4, 0.5) is 5.69 Å². The fourth-order valence-electron chi connectivity index (χ4n) is 2.88. The number of hydrogen-bond donors (Lipinski definition) is 1. The molecular formula is C19H14ClN3O3. The predicted molar refractivity (Wildman–Crippen MR) is 100 cm³/mol. The van der Waals surface area contributed by atoms with Gasteiger partial charge in [0.05, 0.1) is 29.0 Å². The van der Waals surface area contributed by atoms with Crippen molar-refractivity contribution >= 4 is 45.1 Å². The van der Waals surface area contributed by atoms with E-state index >= 15 is 0 Å². The molecule has 0 aliphatic heterocycles. The molecular weight excluding hydrogens is 354 g/mol. The molecule has 2 aromatic carbocycles. The second-order valence-corrected chi connectivity index (χ2v) is 6.20. The number of aryl methyl sites for hydroxylation is 1. The van der Waals surface area contributed by atoms with Gasteiger partial charge >= 0.3 is 5.63 Å². The molecule has 130 valence electrons. The number of anilines is 1. The van der Waals surface area contributed by atoms with Gasteiger partial charge < -0.3 is 9.73 Å². The zero-order valence-electron chi connectivity index (χ0n) is 13.6. The van der Waals surface area contributed by atoms with Crippen molar-refractivity contribution in [3.8, 4) is 0 Å². The molecule has 2 heterocycles. The fraction of sp³-hybridized carbons (Fsp3) is 0.105. The van der Waals surface area contributed by atoms with Gasteiger partial charge in [0.2, 0.25) is 5.91 Å². The molecule has 6 nitrogen and oxygen atoms in total. The minimum absolute atomic E-state index is 0.186. The first-order chi connectivity index (χ1) is 12.6. The highest BCUT2D eigenvalue weighted by Gasteiger charge is 2.14. The SMILES string of the molecule is O=C(CCn1ncc2c(=O)oc3ccccc3c21)Nc1ccccc1Cl. The first-order valence-corrected chi connectivity index (χ1v) is 8.43. The Kier molecular flexibility index (Phi) is 4.18. The van der Waals surface area contributed by atoms with E-state index in [1.807, 2.05) is 12.1 Å². The normalized spacial score (nSPS) is 11.1. The second-order valence-electron chi connectivity index (χ2n) is 5.79. The Morgan fingerprint density at radius 1 is 1.12 bits per heavy atom. The van der Waals surface area contributed by atoms with Crippen LogP contribution in [0.25, 0.3) is 21.9 Å². The molecule has 0 aliphatic rings. The molecule has 7 heteroatoms. The number of halogens is 1. The summed E-state index contributed by atoms with van der Waals surface area (Å²) >= 11 is 6.05. The second kappa shape index (κ2) is 6.65. The van der Waals surface area contributed by atoms with Crippen LogP contribution in [0.3, 0.4) is 0 Å². The third-order valence-electron chi connectivity index (χ3n) is 4.10. The number of aromatic nitrogens is 2. The van der Waals surface area contributed by atoms with Crippen LogP contribution in [-0.4, -0.2) is 15.7 Å². The molecule has 0 unspecified atom stereocenters. The first-order valence-electron chi connectivity index (χ1n) is 8.05. The Morgan fingerprint density at radius 3 is 2.73 bits per heavy atom. The molecule has 4 rings (SSSR count). The van der Waals surface area contributed by atoms with E-state index in [2.05, 4.69) is 10.4 Å². The number of rotatable bonds is 4. The number of fused-ring (bicyclic) bond motifs is 3. The molecule has 1 N–H and O–H groups in total. The Bertz CT molecular complexity index is 1180. The van der Waals surface area contributed by atoms with Gasteiger partial charge in [0, 0.05) is 11.8 Å². The summed E-state index contributed by atoms with van der Waals surface area (Å²) in [6.45, 7) is 0.327. The first kappa shape index (κ1) is 16.4. The summed E-state index contributed by atoms with van der Waals surface area (Å²) in [6.07, 6.45) is 1.66. The summed E-state index contributed by atoms with van der Waals surface area (Å²) in [5.41, 5.74) is 1.29. The van der Waals surface area contributed by atoms with E-state index in [1.165, 1.54) is 6.20 Å². The highest BCUT2D eigenvalue weighted by atomic mass is 35.5. The summed E-state index contributed by atoms with van der Waals surface area (Å²) in [6, 6.07) is 14.3. The number of benzene rings is 2. The monoisotopic (exact) mass is 367 g/mol. The van der Waals surface area contributed by atoms with E-state index in [9.17, 15) is 9.59 Å². The molecule has 0 radical (unpaired) electrons. The van der Waals surface area contributed by atoms with Gasteiger partial charge in [-0.2, -0.15) is 5.10 Å². The molecule has 0 aliphatic carbocycles. The Morgan fingerprint density at radius 2 is 1.88 bits per heavy atom. The van der Waals surface area contributed by atoms with E-state index in [0.717, 1.165) is 5.39 Å². The average Bonchev–Trinajstić information content (AvgIpc) is 3.07. The van der Waals surface area contributed by atoms with Crippen LogP contribution < -0.4 is 10.9 Å². The van der Waals surface area contributed by atoms with Crippen molar-refractivity contribution in [1.82, 2.24) is 9.78 Å². The fourth-order valence-corrected chi connectivity index (χ4v) is 3.06. The van der Waals surface area contributed by atoms with Gasteiger partial charge in [-0.3, -0.25) is 9.48 Å². The van der Waals surface area contributed by atoms with Crippen molar-refractivity contribution in [3.05, 3.63) is 70.2 Å². The van der Waals surface area contributed by atoms with Crippen LogP contribution in [0.1, 0.15) is 6.42 Å². The molecule has 0 spiro atoms. The zero-order chi connectivity index (χ0) is 18.1. The minimum atomic E-state index is -0.439. The smallest absolute Gasteiger partial charge is 0.347 e. The average molecular weight is 368 g/mol. The van der Waals surface area contributed by atoms with E-state index in [4.69, 9.17) is 16.0 Å². The number of nitrogens with one attached hydrogen (secondary N) is 1. The van der Waals surface area contributed by atoms with Crippen molar-refractivity contribution in [2.45, 2.75) is 13.0 Å². The summed E-state index contributed by atoms with van der Waals surface area (Å²) in [5, 5.41) is 8.69. The Balaban J connectivity index is 1.61. The number of carbonyl (C=O) groups is 1. The lowest BCUT2D eigenvalue weighted by atomic mass is 10.2. The highest BCUT2D eigenvalue weighted by Crippen LogP contribution is 2.23. The standard InChI is InChI=1S/C19H14ClN3O3/c20-14-6-2-3-7-15(14)22-17(24)9-10-23-18-12-5-1-4-8-16(12)26-19(25)13(18)11-21-23/h1-8,11H,9-10H2,(H,22,24). The van der Waals surface area contributed by atoms with Gasteiger partial charge in [-0.05, 0) is 24.3 Å². The van der Waals surface area contributed by atoms with Crippen LogP contribution in [-0.2, 0) is 11.3 Å². The summed E-state index contributed by atoms with van der Waals surface area (Å²) in [7, 11) is 0. The molecule has 26 heavy (non-hydrogen) atoms. The number of para-hydroxylation sites is 2. The molecule has 0 saturated carbocycles. The lowest BCUT2D eigenvalue weighted by molar-refractivity contribution is -0.116. The number of nitrogens with zero attached hydrogens (tertiary/aromatic N) is 2. The zero-order valence-corrected chi connectivity index (χ0v) is 14.4. The van der Waals surface area contributed by atoms with Crippen molar-refractivity contribution in [2.75, 3.05) is 5.32 Å². The van der Waals surface area contributed by atoms with E-state index in [1.54, 1.807) is 41.1 Å². The van der Waals surface area contributed by atoms with Crippen LogP contribution in [0.15, 0.2) is 63.9 Å². The third kappa shape index (κ3) is 2.95. The maximum absolute atomic E-state index is 12.2. The molecule has 2 aromatic heterocycles. The summed E-state index contributed by atoms with van der Waals surface area (Å²) < 4.78 is 6.96. The van der Waals surface area contributed by atoms with Gasteiger partial charge in [-0.1, -0.05) is 35.9 Å². The lowest BCUT2D eigenvalue weighted by Crippen LogP contribution is -2.15. The molecule has 0 bridgehead atoms. The third-order valence-corrected chi connectivity index (χ3v) is 4.43. The topological polar surface area (TPSA) is 77.1 Å². The summed E-state index contributed by atoms with van der Waals surface area (Å²) in [4.78, 5) is 24.3. The van der Waals surface area contributed by atoms with Crippen molar-refractivity contribution < 1.29 is 9.21 Å². The van der Waals surface area contributed by atoms with Gasteiger partial charge in [0.1, 0.15) is 11.0 Å². The van der Waals surface area contributed by atoms with Crippen LogP contribution in [0, 0.1) is 0 Å². The van der Waals surface area contributed by atoms with Gasteiger partial charge in [0.15, 0.2) is 0 Å². The van der Waals surface area contributed by atoms with Crippen LogP contribution in [0.2, 0.25) is 5.02 Å². The molecule has 4 aromatic rings. The molecule has 0 saturated heterocycles. The van der Waals surface area contributed by atoms with Gasteiger partial charge in [-0.15, -0.1) is 0 Å². The van der Waals surface area contributed by atoms with Crippen LogP contribution in [0.5, 0.6) is 0 Å². The predicted octanol–water partition coefficient (Wildman–Crippen LogP) is 3.82. The van der Waals surface area contributed by atoms with E-state index < -0.39 is 5.63 Å². The molecule has 1 amide bonds. The minimum Gasteiger partial charge on any atom is -0.422 e. The Labute approximate surface area is 153 Å². The van der Waals surface area contributed by atoms with Gasteiger partial charge in [-0.25, -0.2) is 4.79 Å². The van der Waals surface area contributed by atoms with Crippen molar-refractivity contribution in [1.29, 1.82) is 0 Å².